The molecule has 40 heavy (non-hydrogen) atoms. The molecule has 0 bridgehead atoms. The van der Waals surface area contributed by atoms with Crippen LogP contribution in [0.2, 0.25) is 5.02 Å². The summed E-state index contributed by atoms with van der Waals surface area (Å²) in [6.45, 7) is 10.8. The minimum Gasteiger partial charge on any atom is -0.350 e. The number of hydrogen-bond acceptors (Lipinski definition) is 4. The summed E-state index contributed by atoms with van der Waals surface area (Å²) in [5.41, 5.74) is 2.17. The zero-order valence-corrected chi connectivity index (χ0v) is 25.5. The molecular weight excluding hydrogens is 546 g/mol. The lowest BCUT2D eigenvalue weighted by atomic mass is 10.0. The summed E-state index contributed by atoms with van der Waals surface area (Å²) in [4.78, 5) is 29.1. The first-order valence-corrected chi connectivity index (χ1v) is 15.1. The predicted molar refractivity (Wildman–Crippen MR) is 161 cm³/mol. The molecule has 0 unspecified atom stereocenters. The van der Waals surface area contributed by atoms with Crippen molar-refractivity contribution in [2.45, 2.75) is 71.0 Å². The highest BCUT2D eigenvalue weighted by Crippen LogP contribution is 2.31. The third kappa shape index (κ3) is 7.64. The molecule has 7 nitrogen and oxygen atoms in total. The highest BCUT2D eigenvalue weighted by Gasteiger charge is 2.35. The molecule has 0 aliphatic carbocycles. The first kappa shape index (κ1) is 31.2. The molecule has 214 valence electrons. The number of benzene rings is 3. The minimum atomic E-state index is -4.16. The van der Waals surface area contributed by atoms with Crippen molar-refractivity contribution in [3.05, 3.63) is 94.5 Å². The Morgan fingerprint density at radius 2 is 1.60 bits per heavy atom. The lowest BCUT2D eigenvalue weighted by Gasteiger charge is -2.35. The average Bonchev–Trinajstić information content (AvgIpc) is 2.88. The number of sulfonamides is 1. The van der Waals surface area contributed by atoms with Gasteiger partial charge < -0.3 is 10.2 Å². The van der Waals surface area contributed by atoms with Gasteiger partial charge in [0.15, 0.2) is 0 Å². The quantitative estimate of drug-likeness (QED) is 0.323. The normalized spacial score (nSPS) is 12.5. The Balaban J connectivity index is 2.11. The van der Waals surface area contributed by atoms with E-state index in [1.165, 1.54) is 17.0 Å². The van der Waals surface area contributed by atoms with Crippen molar-refractivity contribution in [1.82, 2.24) is 10.2 Å². The van der Waals surface area contributed by atoms with Gasteiger partial charge in [0.1, 0.15) is 12.6 Å². The van der Waals surface area contributed by atoms with Crippen LogP contribution in [0, 0.1) is 13.8 Å². The summed E-state index contributed by atoms with van der Waals surface area (Å²) in [6.07, 6.45) is 0.348. The van der Waals surface area contributed by atoms with E-state index in [4.69, 9.17) is 11.6 Å². The van der Waals surface area contributed by atoms with Crippen LogP contribution in [0.25, 0.3) is 0 Å². The standard InChI is InChI=1S/C31H38ClN3O4S/c1-7-27(30(37)33-31(4,5)6)34(20-24-14-11-13-22(2)19-24)29(36)21-35(28-18-12-17-26(32)23(28)3)40(38,39)25-15-9-8-10-16-25/h8-19,27H,7,20-21H2,1-6H3,(H,33,37)/t27-/m0/s1. The van der Waals surface area contributed by atoms with Crippen molar-refractivity contribution in [2.75, 3.05) is 10.8 Å². The van der Waals surface area contributed by atoms with Crippen LogP contribution in [0.15, 0.2) is 77.7 Å². The Kier molecular flexibility index (Phi) is 10.0. The van der Waals surface area contributed by atoms with Gasteiger partial charge in [-0.2, -0.15) is 0 Å². The number of aryl methyl sites for hydroxylation is 1. The van der Waals surface area contributed by atoms with E-state index in [1.807, 2.05) is 58.9 Å². The number of amides is 2. The minimum absolute atomic E-state index is 0.0462. The molecule has 0 aromatic heterocycles. The van der Waals surface area contributed by atoms with Crippen molar-refractivity contribution in [1.29, 1.82) is 0 Å². The molecular formula is C31H38ClN3O4S. The monoisotopic (exact) mass is 583 g/mol. The number of carbonyl (C=O) groups is 2. The summed E-state index contributed by atoms with van der Waals surface area (Å²) in [5, 5.41) is 3.36. The molecule has 3 rings (SSSR count). The highest BCUT2D eigenvalue weighted by atomic mass is 35.5. The molecule has 0 saturated carbocycles. The van der Waals surface area contributed by atoms with E-state index in [-0.39, 0.29) is 17.3 Å². The van der Waals surface area contributed by atoms with Gasteiger partial charge in [-0.05, 0) is 76.4 Å². The first-order valence-electron chi connectivity index (χ1n) is 13.2. The molecule has 3 aromatic rings. The van der Waals surface area contributed by atoms with Crippen LogP contribution in [0.3, 0.4) is 0 Å². The summed E-state index contributed by atoms with van der Waals surface area (Å²) >= 11 is 6.38. The Labute approximate surface area is 243 Å². The van der Waals surface area contributed by atoms with Gasteiger partial charge in [0.25, 0.3) is 10.0 Å². The molecule has 0 heterocycles. The molecule has 9 heteroatoms. The molecule has 3 aromatic carbocycles. The van der Waals surface area contributed by atoms with Crippen LogP contribution < -0.4 is 9.62 Å². The fraction of sp³-hybridized carbons (Fsp3) is 0.355. The van der Waals surface area contributed by atoms with Gasteiger partial charge in [0.05, 0.1) is 10.6 Å². The Morgan fingerprint density at radius 3 is 2.20 bits per heavy atom. The molecule has 2 amide bonds. The van der Waals surface area contributed by atoms with Crippen LogP contribution in [0.4, 0.5) is 5.69 Å². The van der Waals surface area contributed by atoms with Crippen LogP contribution in [0.1, 0.15) is 50.8 Å². The van der Waals surface area contributed by atoms with Crippen LogP contribution in [-0.2, 0) is 26.2 Å². The maximum absolute atomic E-state index is 14.2. The van der Waals surface area contributed by atoms with E-state index < -0.39 is 34.1 Å². The smallest absolute Gasteiger partial charge is 0.264 e. The SMILES string of the molecule is CC[C@@H](C(=O)NC(C)(C)C)N(Cc1cccc(C)c1)C(=O)CN(c1cccc(Cl)c1C)S(=O)(=O)c1ccccc1. The van der Waals surface area contributed by atoms with Gasteiger partial charge in [-0.15, -0.1) is 0 Å². The van der Waals surface area contributed by atoms with Crippen LogP contribution in [0.5, 0.6) is 0 Å². The molecule has 0 saturated heterocycles. The molecule has 0 aliphatic rings. The second-order valence-corrected chi connectivity index (χ2v) is 13.2. The number of rotatable bonds is 10. The van der Waals surface area contributed by atoms with E-state index in [1.54, 1.807) is 43.3 Å². The number of hydrogen-bond donors (Lipinski definition) is 1. The van der Waals surface area contributed by atoms with E-state index in [0.29, 0.717) is 22.7 Å². The zero-order chi connectivity index (χ0) is 29.7. The van der Waals surface area contributed by atoms with Crippen molar-refractivity contribution < 1.29 is 18.0 Å². The van der Waals surface area contributed by atoms with Crippen molar-refractivity contribution in [3.63, 3.8) is 0 Å². The van der Waals surface area contributed by atoms with E-state index in [9.17, 15) is 18.0 Å². The fourth-order valence-electron chi connectivity index (χ4n) is 4.48. The van der Waals surface area contributed by atoms with Gasteiger partial charge in [-0.25, -0.2) is 8.42 Å². The Hall–Kier alpha value is -3.36. The second-order valence-electron chi connectivity index (χ2n) is 10.9. The molecule has 0 spiro atoms. The zero-order valence-electron chi connectivity index (χ0n) is 23.9. The van der Waals surface area contributed by atoms with Gasteiger partial charge in [-0.1, -0.05) is 72.6 Å². The van der Waals surface area contributed by atoms with Gasteiger partial charge >= 0.3 is 0 Å². The van der Waals surface area contributed by atoms with Crippen molar-refractivity contribution in [3.8, 4) is 0 Å². The van der Waals surface area contributed by atoms with Crippen LogP contribution in [-0.4, -0.2) is 43.3 Å². The summed E-state index contributed by atoms with van der Waals surface area (Å²) < 4.78 is 29.0. The Morgan fingerprint density at radius 1 is 0.950 bits per heavy atom. The third-order valence-corrected chi connectivity index (χ3v) is 8.62. The Bertz CT molecular complexity index is 1450. The highest BCUT2D eigenvalue weighted by molar-refractivity contribution is 7.92. The third-order valence-electron chi connectivity index (χ3n) is 6.44. The molecule has 0 fully saturated rings. The second kappa shape index (κ2) is 12.9. The number of nitrogens with zero attached hydrogens (tertiary/aromatic N) is 2. The fourth-order valence-corrected chi connectivity index (χ4v) is 6.14. The number of nitrogens with one attached hydrogen (secondary N) is 1. The molecule has 0 radical (unpaired) electrons. The van der Waals surface area contributed by atoms with Crippen molar-refractivity contribution in [2.24, 2.45) is 0 Å². The summed E-state index contributed by atoms with van der Waals surface area (Å²) in [5.74, 6) is -0.802. The molecule has 0 aliphatic heterocycles. The number of carbonyl (C=O) groups excluding carboxylic acids is 2. The van der Waals surface area contributed by atoms with Gasteiger partial charge in [0.2, 0.25) is 11.8 Å². The molecule has 1 N–H and O–H groups in total. The molecule has 1 atom stereocenters. The number of halogens is 1. The van der Waals surface area contributed by atoms with E-state index in [0.717, 1.165) is 15.4 Å². The summed E-state index contributed by atoms with van der Waals surface area (Å²) in [7, 11) is -4.16. The predicted octanol–water partition coefficient (Wildman–Crippen LogP) is 5.87. The van der Waals surface area contributed by atoms with E-state index in [2.05, 4.69) is 5.32 Å². The van der Waals surface area contributed by atoms with E-state index >= 15 is 0 Å². The van der Waals surface area contributed by atoms with Crippen molar-refractivity contribution >= 4 is 39.1 Å². The largest absolute Gasteiger partial charge is 0.350 e. The maximum Gasteiger partial charge on any atom is 0.264 e. The van der Waals surface area contributed by atoms with Crippen LogP contribution >= 0.6 is 11.6 Å². The topological polar surface area (TPSA) is 86.8 Å². The first-order chi connectivity index (χ1) is 18.7. The maximum atomic E-state index is 14.2. The lowest BCUT2D eigenvalue weighted by Crippen LogP contribution is -2.55. The lowest BCUT2D eigenvalue weighted by molar-refractivity contribution is -0.141. The van der Waals surface area contributed by atoms with Gasteiger partial charge in [0, 0.05) is 17.1 Å². The van der Waals surface area contributed by atoms with Gasteiger partial charge in [-0.3, -0.25) is 13.9 Å². The summed E-state index contributed by atoms with van der Waals surface area (Å²) in [6, 6.07) is 19.8. The average molecular weight is 584 g/mol. The number of anilines is 1.